The molecule has 1 aliphatic rings. The zero-order valence-electron chi connectivity index (χ0n) is 11.9. The second-order valence-corrected chi connectivity index (χ2v) is 6.58. The maximum absolute atomic E-state index is 4.58. The highest BCUT2D eigenvalue weighted by atomic mass is 32.1. The maximum atomic E-state index is 4.58. The summed E-state index contributed by atoms with van der Waals surface area (Å²) >= 11 is 1.71. The monoisotopic (exact) mass is 295 g/mol. The first kappa shape index (κ1) is 12.9. The largest absolute Gasteiger partial charge is 0.301 e. The standard InChI is InChI=1S/C17H17N3S/c1-11-2-3-12-10-13(4-7-15(12)19-11)16(20-14-5-6-14)17-18-8-9-21-17/h2-4,7-10,14,16,20H,5-6H2,1H3. The summed E-state index contributed by atoms with van der Waals surface area (Å²) in [5.74, 6) is 0. The Balaban J connectivity index is 1.76. The number of nitrogens with one attached hydrogen (secondary N) is 1. The molecule has 4 heteroatoms. The minimum atomic E-state index is 0.197. The van der Waals surface area contributed by atoms with E-state index in [2.05, 4.69) is 45.6 Å². The normalized spacial score (nSPS) is 16.2. The lowest BCUT2D eigenvalue weighted by Crippen LogP contribution is -2.24. The van der Waals surface area contributed by atoms with Crippen molar-refractivity contribution < 1.29 is 0 Å². The highest BCUT2D eigenvalue weighted by Crippen LogP contribution is 2.31. The lowest BCUT2D eigenvalue weighted by atomic mass is 10.0. The molecule has 1 saturated carbocycles. The number of fused-ring (bicyclic) bond motifs is 1. The van der Waals surface area contributed by atoms with E-state index in [1.165, 1.54) is 23.8 Å². The second-order valence-electron chi connectivity index (χ2n) is 5.65. The molecule has 4 rings (SSSR count). The topological polar surface area (TPSA) is 37.8 Å². The van der Waals surface area contributed by atoms with E-state index in [4.69, 9.17) is 0 Å². The Labute approximate surface area is 128 Å². The molecule has 0 spiro atoms. The van der Waals surface area contributed by atoms with Crippen LogP contribution in [0.1, 0.15) is 35.1 Å². The predicted molar refractivity (Wildman–Crippen MR) is 86.6 cm³/mol. The van der Waals surface area contributed by atoms with E-state index in [1.54, 1.807) is 11.3 Å². The number of nitrogens with zero attached hydrogens (tertiary/aromatic N) is 2. The van der Waals surface area contributed by atoms with E-state index in [1.807, 2.05) is 18.5 Å². The van der Waals surface area contributed by atoms with Crippen LogP contribution in [0, 0.1) is 6.92 Å². The van der Waals surface area contributed by atoms with Crippen LogP contribution in [0.2, 0.25) is 0 Å². The van der Waals surface area contributed by atoms with Crippen molar-refractivity contribution in [1.29, 1.82) is 0 Å². The number of hydrogen-bond donors (Lipinski definition) is 1. The molecular formula is C17H17N3S. The van der Waals surface area contributed by atoms with Crippen LogP contribution in [-0.4, -0.2) is 16.0 Å². The van der Waals surface area contributed by atoms with Gasteiger partial charge in [0.05, 0.1) is 11.6 Å². The van der Waals surface area contributed by atoms with E-state index < -0.39 is 0 Å². The van der Waals surface area contributed by atoms with Gasteiger partial charge in [-0.2, -0.15) is 0 Å². The van der Waals surface area contributed by atoms with Gasteiger partial charge in [0.1, 0.15) is 5.01 Å². The van der Waals surface area contributed by atoms with Gasteiger partial charge < -0.3 is 5.32 Å². The van der Waals surface area contributed by atoms with E-state index in [0.29, 0.717) is 6.04 Å². The summed E-state index contributed by atoms with van der Waals surface area (Å²) < 4.78 is 0. The highest BCUT2D eigenvalue weighted by Gasteiger charge is 2.27. The first-order chi connectivity index (χ1) is 10.3. The number of aromatic nitrogens is 2. The summed E-state index contributed by atoms with van der Waals surface area (Å²) in [7, 11) is 0. The van der Waals surface area contributed by atoms with E-state index in [-0.39, 0.29) is 6.04 Å². The number of hydrogen-bond acceptors (Lipinski definition) is 4. The lowest BCUT2D eigenvalue weighted by Gasteiger charge is -2.17. The van der Waals surface area contributed by atoms with Crippen molar-refractivity contribution in [1.82, 2.24) is 15.3 Å². The van der Waals surface area contributed by atoms with Gasteiger partial charge >= 0.3 is 0 Å². The van der Waals surface area contributed by atoms with Crippen molar-refractivity contribution in [2.45, 2.75) is 31.8 Å². The fourth-order valence-corrected chi connectivity index (χ4v) is 3.32. The molecule has 2 aromatic heterocycles. The van der Waals surface area contributed by atoms with Crippen molar-refractivity contribution in [3.05, 3.63) is 58.2 Å². The molecule has 0 saturated heterocycles. The third-order valence-corrected chi connectivity index (χ3v) is 4.70. The zero-order chi connectivity index (χ0) is 14.2. The van der Waals surface area contributed by atoms with Crippen molar-refractivity contribution in [3.8, 4) is 0 Å². The van der Waals surface area contributed by atoms with Gasteiger partial charge in [0.15, 0.2) is 0 Å². The summed E-state index contributed by atoms with van der Waals surface area (Å²) in [6, 6.07) is 11.6. The third-order valence-electron chi connectivity index (χ3n) is 3.86. The lowest BCUT2D eigenvalue weighted by molar-refractivity contribution is 0.598. The average Bonchev–Trinajstić information content (AvgIpc) is 3.16. The molecule has 2 heterocycles. The first-order valence-corrected chi connectivity index (χ1v) is 8.20. The molecule has 0 bridgehead atoms. The Bertz CT molecular complexity index is 763. The molecule has 1 unspecified atom stereocenters. The van der Waals surface area contributed by atoms with Crippen LogP contribution in [0.25, 0.3) is 10.9 Å². The van der Waals surface area contributed by atoms with Gasteiger partial charge in [-0.3, -0.25) is 4.98 Å². The SMILES string of the molecule is Cc1ccc2cc(C(NC3CC3)c3nccs3)ccc2n1. The molecule has 1 aliphatic carbocycles. The van der Waals surface area contributed by atoms with Crippen molar-refractivity contribution in [3.63, 3.8) is 0 Å². The first-order valence-electron chi connectivity index (χ1n) is 7.32. The summed E-state index contributed by atoms with van der Waals surface area (Å²) in [5, 5.41) is 8.09. The van der Waals surface area contributed by atoms with Gasteiger partial charge in [-0.25, -0.2) is 4.98 Å². The molecule has 0 aliphatic heterocycles. The van der Waals surface area contributed by atoms with Gasteiger partial charge in [-0.15, -0.1) is 11.3 Å². The van der Waals surface area contributed by atoms with Gasteiger partial charge in [-0.1, -0.05) is 12.1 Å². The Kier molecular flexibility index (Phi) is 3.20. The van der Waals surface area contributed by atoms with Crippen LogP contribution in [0.15, 0.2) is 41.9 Å². The van der Waals surface area contributed by atoms with Crippen LogP contribution in [0.3, 0.4) is 0 Å². The molecule has 1 aromatic carbocycles. The van der Waals surface area contributed by atoms with Crippen molar-refractivity contribution >= 4 is 22.2 Å². The number of pyridine rings is 1. The van der Waals surface area contributed by atoms with Gasteiger partial charge in [0.25, 0.3) is 0 Å². The Morgan fingerprint density at radius 3 is 2.90 bits per heavy atom. The predicted octanol–water partition coefficient (Wildman–Crippen LogP) is 3.84. The van der Waals surface area contributed by atoms with Crippen molar-refractivity contribution in [2.24, 2.45) is 0 Å². The van der Waals surface area contributed by atoms with Gasteiger partial charge in [-0.05, 0) is 43.5 Å². The summed E-state index contributed by atoms with van der Waals surface area (Å²) in [5.41, 5.74) is 3.39. The van der Waals surface area contributed by atoms with E-state index in [0.717, 1.165) is 16.2 Å². The minimum Gasteiger partial charge on any atom is -0.301 e. The van der Waals surface area contributed by atoms with Crippen LogP contribution in [-0.2, 0) is 0 Å². The van der Waals surface area contributed by atoms with Crippen LogP contribution in [0.5, 0.6) is 0 Å². The summed E-state index contributed by atoms with van der Waals surface area (Å²) in [6.45, 7) is 2.03. The minimum absolute atomic E-state index is 0.197. The second kappa shape index (κ2) is 5.20. The highest BCUT2D eigenvalue weighted by molar-refractivity contribution is 7.09. The number of rotatable bonds is 4. The Morgan fingerprint density at radius 2 is 2.14 bits per heavy atom. The molecule has 106 valence electrons. The van der Waals surface area contributed by atoms with Gasteiger partial charge in [0, 0.05) is 28.7 Å². The fourth-order valence-electron chi connectivity index (χ4n) is 2.60. The molecule has 1 atom stereocenters. The summed E-state index contributed by atoms with van der Waals surface area (Å²) in [4.78, 5) is 9.09. The zero-order valence-corrected chi connectivity index (χ0v) is 12.7. The van der Waals surface area contributed by atoms with E-state index in [9.17, 15) is 0 Å². The van der Waals surface area contributed by atoms with Crippen LogP contribution < -0.4 is 5.32 Å². The number of benzene rings is 1. The molecule has 3 aromatic rings. The quantitative estimate of drug-likeness (QED) is 0.794. The molecule has 1 fully saturated rings. The fraction of sp³-hybridized carbons (Fsp3) is 0.294. The molecule has 0 radical (unpaired) electrons. The Morgan fingerprint density at radius 1 is 1.24 bits per heavy atom. The van der Waals surface area contributed by atoms with Gasteiger partial charge in [0.2, 0.25) is 0 Å². The molecule has 1 N–H and O–H groups in total. The molecule has 3 nitrogen and oxygen atoms in total. The molecule has 21 heavy (non-hydrogen) atoms. The van der Waals surface area contributed by atoms with Crippen LogP contribution >= 0.6 is 11.3 Å². The summed E-state index contributed by atoms with van der Waals surface area (Å²) in [6.07, 6.45) is 4.43. The molecular weight excluding hydrogens is 278 g/mol. The average molecular weight is 295 g/mol. The van der Waals surface area contributed by atoms with Crippen molar-refractivity contribution in [2.75, 3.05) is 0 Å². The molecule has 0 amide bonds. The Hall–Kier alpha value is -1.78. The van der Waals surface area contributed by atoms with Crippen LogP contribution in [0.4, 0.5) is 0 Å². The third kappa shape index (κ3) is 2.69. The van der Waals surface area contributed by atoms with E-state index >= 15 is 0 Å². The number of aryl methyl sites for hydroxylation is 1. The smallest absolute Gasteiger partial charge is 0.114 e. The number of thiazole rings is 1. The maximum Gasteiger partial charge on any atom is 0.114 e.